The number of hydrogen-bond acceptors (Lipinski definition) is 5. The van der Waals surface area contributed by atoms with Crippen molar-refractivity contribution in [1.82, 2.24) is 5.06 Å². The van der Waals surface area contributed by atoms with E-state index < -0.39 is 5.79 Å². The van der Waals surface area contributed by atoms with Gasteiger partial charge in [0, 0.05) is 23.8 Å². The fraction of sp³-hybridized carbons (Fsp3) is 0.760. The fourth-order valence-corrected chi connectivity index (χ4v) is 5.27. The molecule has 0 atom stereocenters. The normalized spacial score (nSPS) is 31.1. The Morgan fingerprint density at radius 1 is 0.967 bits per heavy atom. The van der Waals surface area contributed by atoms with Crippen molar-refractivity contribution in [1.29, 1.82) is 0 Å². The molecule has 2 fully saturated rings. The average Bonchev–Trinajstić information content (AvgIpc) is 2.76. The molecule has 0 radical (unpaired) electrons. The number of aliphatic hydroxyl groups excluding tert-OH is 1. The highest BCUT2D eigenvalue weighted by Gasteiger charge is 2.59. The van der Waals surface area contributed by atoms with Crippen LogP contribution in [0.1, 0.15) is 72.3 Å². The Morgan fingerprint density at radius 3 is 2.13 bits per heavy atom. The summed E-state index contributed by atoms with van der Waals surface area (Å²) in [5.41, 5.74) is 0.636. The summed E-state index contributed by atoms with van der Waals surface area (Å²) in [5, 5.41) is 12.1. The van der Waals surface area contributed by atoms with Gasteiger partial charge in [0.25, 0.3) is 0 Å². The van der Waals surface area contributed by atoms with Gasteiger partial charge in [-0.05, 0) is 45.1 Å². The van der Waals surface area contributed by atoms with Gasteiger partial charge in [-0.25, -0.2) is 0 Å². The maximum atomic E-state index is 9.87. The molecule has 170 valence electrons. The van der Waals surface area contributed by atoms with Gasteiger partial charge in [0.05, 0.1) is 32.0 Å². The van der Waals surface area contributed by atoms with Gasteiger partial charge < -0.3 is 14.6 Å². The van der Waals surface area contributed by atoms with Gasteiger partial charge in [0.2, 0.25) is 0 Å². The van der Waals surface area contributed by atoms with Crippen LogP contribution in [0.4, 0.5) is 0 Å². The zero-order valence-electron chi connectivity index (χ0n) is 19.6. The average molecular weight is 420 g/mol. The van der Waals surface area contributed by atoms with Crippen LogP contribution in [0, 0.1) is 5.41 Å². The third-order valence-corrected chi connectivity index (χ3v) is 7.42. The van der Waals surface area contributed by atoms with Gasteiger partial charge in [0.15, 0.2) is 5.79 Å². The second-order valence-electron chi connectivity index (χ2n) is 9.96. The van der Waals surface area contributed by atoms with E-state index in [1.165, 1.54) is 5.56 Å². The van der Waals surface area contributed by atoms with Gasteiger partial charge in [-0.2, -0.15) is 5.06 Å². The van der Waals surface area contributed by atoms with Crippen molar-refractivity contribution in [3.05, 3.63) is 35.9 Å². The minimum Gasteiger partial charge on any atom is -0.396 e. The molecule has 1 aromatic carbocycles. The quantitative estimate of drug-likeness (QED) is 0.660. The maximum Gasteiger partial charge on any atom is 0.172 e. The van der Waals surface area contributed by atoms with Crippen molar-refractivity contribution < 1.29 is 19.4 Å². The molecule has 2 aliphatic heterocycles. The van der Waals surface area contributed by atoms with Crippen LogP contribution >= 0.6 is 0 Å². The summed E-state index contributed by atoms with van der Waals surface area (Å²) in [6, 6.07) is 10.5. The molecule has 1 spiro atoms. The van der Waals surface area contributed by atoms with Gasteiger partial charge in [0.1, 0.15) is 0 Å². The molecule has 2 heterocycles. The number of ether oxygens (including phenoxy) is 2. The van der Waals surface area contributed by atoms with E-state index in [4.69, 9.17) is 14.3 Å². The second-order valence-corrected chi connectivity index (χ2v) is 9.96. The van der Waals surface area contributed by atoms with Crippen molar-refractivity contribution in [3.63, 3.8) is 0 Å². The van der Waals surface area contributed by atoms with E-state index in [1.54, 1.807) is 0 Å². The largest absolute Gasteiger partial charge is 0.396 e. The lowest BCUT2D eigenvalue weighted by atomic mass is 9.72. The Morgan fingerprint density at radius 2 is 1.60 bits per heavy atom. The predicted molar refractivity (Wildman–Crippen MR) is 119 cm³/mol. The highest BCUT2D eigenvalue weighted by Crippen LogP contribution is 2.51. The van der Waals surface area contributed by atoms with Crippen LogP contribution in [0.5, 0.6) is 0 Å². The van der Waals surface area contributed by atoms with Crippen LogP contribution in [-0.4, -0.2) is 53.5 Å². The molecule has 2 aliphatic rings. The van der Waals surface area contributed by atoms with Crippen LogP contribution in [0.3, 0.4) is 0 Å². The Bertz CT molecular complexity index is 657. The van der Waals surface area contributed by atoms with Gasteiger partial charge in [-0.3, -0.25) is 4.84 Å². The number of rotatable bonds is 8. The Labute approximate surface area is 182 Å². The fourth-order valence-electron chi connectivity index (χ4n) is 5.27. The van der Waals surface area contributed by atoms with Crippen LogP contribution in [0.15, 0.2) is 30.3 Å². The number of hydroxylamine groups is 2. The molecule has 1 N–H and O–H groups in total. The first-order chi connectivity index (χ1) is 14.3. The molecule has 0 aliphatic carbocycles. The maximum absolute atomic E-state index is 9.87. The molecule has 1 aromatic rings. The molecule has 5 heteroatoms. The summed E-state index contributed by atoms with van der Waals surface area (Å²) in [4.78, 5) is 6.50. The monoisotopic (exact) mass is 419 g/mol. The highest BCUT2D eigenvalue weighted by molar-refractivity contribution is 5.14. The summed E-state index contributed by atoms with van der Waals surface area (Å²) >= 11 is 0. The standard InChI is InChI=1S/C25H41NO4/c1-6-23(18-27)19-28-25(29-20-23)16-22(4,5)26(24(7-2,8-3)17-25)30-15-14-21-12-10-9-11-13-21/h9-13,27H,6-8,14-20H2,1-5H3. The van der Waals surface area contributed by atoms with E-state index in [1.807, 2.05) is 6.07 Å². The van der Waals surface area contributed by atoms with Crippen LogP contribution in [0.2, 0.25) is 0 Å². The first-order valence-corrected chi connectivity index (χ1v) is 11.6. The summed E-state index contributed by atoms with van der Waals surface area (Å²) in [5.74, 6) is -0.608. The van der Waals surface area contributed by atoms with Crippen LogP contribution < -0.4 is 0 Å². The second kappa shape index (κ2) is 9.25. The minimum atomic E-state index is -0.608. The van der Waals surface area contributed by atoms with Crippen LogP contribution in [0.25, 0.3) is 0 Å². The summed E-state index contributed by atoms with van der Waals surface area (Å²) in [6.45, 7) is 12.9. The van der Waals surface area contributed by atoms with Crippen molar-refractivity contribution in [2.45, 2.75) is 90.0 Å². The van der Waals surface area contributed by atoms with Gasteiger partial charge in [-0.1, -0.05) is 51.1 Å². The third-order valence-electron chi connectivity index (χ3n) is 7.42. The first-order valence-electron chi connectivity index (χ1n) is 11.6. The lowest BCUT2D eigenvalue weighted by Crippen LogP contribution is -2.69. The summed E-state index contributed by atoms with van der Waals surface area (Å²) < 4.78 is 12.9. The van der Waals surface area contributed by atoms with E-state index >= 15 is 0 Å². The van der Waals surface area contributed by atoms with E-state index in [2.05, 4.69) is 63.9 Å². The molecule has 0 aromatic heterocycles. The molecule has 5 nitrogen and oxygen atoms in total. The Hall–Kier alpha value is -0.980. The zero-order valence-corrected chi connectivity index (χ0v) is 19.6. The molecule has 0 saturated carbocycles. The third kappa shape index (κ3) is 4.61. The Balaban J connectivity index is 1.76. The lowest BCUT2D eigenvalue weighted by molar-refractivity contribution is -0.389. The van der Waals surface area contributed by atoms with Crippen LogP contribution in [-0.2, 0) is 20.7 Å². The SMILES string of the molecule is CCC1(CO)COC2(CC(C)(C)N(OCCc3ccccc3)C(CC)(CC)C2)OC1. The topological polar surface area (TPSA) is 51.2 Å². The lowest BCUT2D eigenvalue weighted by Gasteiger charge is -2.61. The molecule has 0 unspecified atom stereocenters. The van der Waals surface area contributed by atoms with Gasteiger partial charge >= 0.3 is 0 Å². The molecule has 0 amide bonds. The van der Waals surface area contributed by atoms with E-state index in [9.17, 15) is 5.11 Å². The zero-order chi connectivity index (χ0) is 21.9. The molecule has 30 heavy (non-hydrogen) atoms. The molecule has 2 saturated heterocycles. The minimum absolute atomic E-state index is 0.102. The number of aliphatic hydroxyl groups is 1. The summed E-state index contributed by atoms with van der Waals surface area (Å²) in [7, 11) is 0. The van der Waals surface area contributed by atoms with E-state index in [-0.39, 0.29) is 23.1 Å². The van der Waals surface area contributed by atoms with Crippen molar-refractivity contribution in [2.24, 2.45) is 5.41 Å². The van der Waals surface area contributed by atoms with Crippen molar-refractivity contribution in [2.75, 3.05) is 26.4 Å². The van der Waals surface area contributed by atoms with Gasteiger partial charge in [-0.15, -0.1) is 0 Å². The number of piperidine rings is 1. The van der Waals surface area contributed by atoms with E-state index in [0.717, 1.165) is 38.5 Å². The summed E-state index contributed by atoms with van der Waals surface area (Å²) in [6.07, 6.45) is 5.21. The molecule has 0 bridgehead atoms. The predicted octanol–water partition coefficient (Wildman–Crippen LogP) is 4.73. The highest BCUT2D eigenvalue weighted by atomic mass is 16.7. The number of hydrogen-bond donors (Lipinski definition) is 1. The van der Waals surface area contributed by atoms with E-state index in [0.29, 0.717) is 19.8 Å². The smallest absolute Gasteiger partial charge is 0.172 e. The van der Waals surface area contributed by atoms with Crippen molar-refractivity contribution in [3.8, 4) is 0 Å². The van der Waals surface area contributed by atoms with Crippen molar-refractivity contribution >= 4 is 0 Å². The Kier molecular flexibility index (Phi) is 7.30. The molecular formula is C25H41NO4. The molecule has 3 rings (SSSR count). The number of nitrogens with zero attached hydrogens (tertiary/aromatic N) is 1. The first kappa shape index (κ1) is 23.7. The molecular weight excluding hydrogens is 378 g/mol. The number of benzene rings is 1.